The van der Waals surface area contributed by atoms with Crippen molar-refractivity contribution >= 4 is 0 Å². The SMILES string of the molecule is NCC/C=C/C1CC2C[C@H]12. The van der Waals surface area contributed by atoms with Gasteiger partial charge in [-0.25, -0.2) is 0 Å². The van der Waals surface area contributed by atoms with Crippen molar-refractivity contribution in [1.29, 1.82) is 0 Å². The van der Waals surface area contributed by atoms with Crippen LogP contribution in [-0.4, -0.2) is 6.54 Å². The second-order valence-electron chi connectivity index (χ2n) is 3.56. The van der Waals surface area contributed by atoms with E-state index in [0.717, 1.165) is 30.7 Å². The third-order valence-electron chi connectivity index (χ3n) is 2.82. The number of hydrogen-bond donors (Lipinski definition) is 1. The summed E-state index contributed by atoms with van der Waals surface area (Å²) in [6.45, 7) is 0.803. The van der Waals surface area contributed by atoms with Crippen LogP contribution >= 0.6 is 0 Å². The quantitative estimate of drug-likeness (QED) is 0.587. The van der Waals surface area contributed by atoms with Gasteiger partial charge < -0.3 is 5.73 Å². The monoisotopic (exact) mass is 137 g/mol. The number of hydrogen-bond acceptors (Lipinski definition) is 1. The van der Waals surface area contributed by atoms with E-state index in [1.165, 1.54) is 12.8 Å². The topological polar surface area (TPSA) is 26.0 Å². The molecule has 2 saturated carbocycles. The van der Waals surface area contributed by atoms with Crippen molar-refractivity contribution in [1.82, 2.24) is 0 Å². The third-order valence-corrected chi connectivity index (χ3v) is 2.82. The summed E-state index contributed by atoms with van der Waals surface area (Å²) < 4.78 is 0. The van der Waals surface area contributed by atoms with Gasteiger partial charge in [0.2, 0.25) is 0 Å². The van der Waals surface area contributed by atoms with Gasteiger partial charge in [-0.2, -0.15) is 0 Å². The number of nitrogens with two attached hydrogens (primary N) is 1. The molecule has 2 N–H and O–H groups in total. The number of allylic oxidation sites excluding steroid dienone is 1. The van der Waals surface area contributed by atoms with Crippen LogP contribution in [0.2, 0.25) is 0 Å². The Balaban J connectivity index is 1.70. The maximum atomic E-state index is 5.37. The van der Waals surface area contributed by atoms with Gasteiger partial charge in [-0.1, -0.05) is 12.2 Å². The summed E-state index contributed by atoms with van der Waals surface area (Å²) in [6, 6.07) is 0. The molecule has 1 heteroatoms. The summed E-state index contributed by atoms with van der Waals surface area (Å²) in [5.41, 5.74) is 5.37. The molecule has 2 fully saturated rings. The molecule has 0 saturated heterocycles. The third kappa shape index (κ3) is 0.988. The lowest BCUT2D eigenvalue weighted by atomic mass is 9.85. The van der Waals surface area contributed by atoms with Gasteiger partial charge in [0, 0.05) is 0 Å². The lowest BCUT2D eigenvalue weighted by Crippen LogP contribution is -2.12. The van der Waals surface area contributed by atoms with E-state index >= 15 is 0 Å². The summed E-state index contributed by atoms with van der Waals surface area (Å²) in [5, 5.41) is 0. The Morgan fingerprint density at radius 3 is 2.80 bits per heavy atom. The van der Waals surface area contributed by atoms with Gasteiger partial charge in [-0.3, -0.25) is 0 Å². The molecule has 0 spiro atoms. The van der Waals surface area contributed by atoms with Crippen molar-refractivity contribution in [3.05, 3.63) is 12.2 Å². The first kappa shape index (κ1) is 6.41. The Kier molecular flexibility index (Phi) is 1.53. The molecule has 0 heterocycles. The second-order valence-corrected chi connectivity index (χ2v) is 3.56. The van der Waals surface area contributed by atoms with Gasteiger partial charge >= 0.3 is 0 Å². The molecule has 0 aromatic heterocycles. The molecule has 2 aliphatic carbocycles. The van der Waals surface area contributed by atoms with Crippen molar-refractivity contribution < 1.29 is 0 Å². The number of fused-ring (bicyclic) bond motifs is 1. The van der Waals surface area contributed by atoms with Crippen LogP contribution in [0.5, 0.6) is 0 Å². The lowest BCUT2D eigenvalue weighted by molar-refractivity contribution is 0.356. The van der Waals surface area contributed by atoms with Crippen LogP contribution in [0.1, 0.15) is 19.3 Å². The van der Waals surface area contributed by atoms with Gasteiger partial charge in [0.25, 0.3) is 0 Å². The van der Waals surface area contributed by atoms with E-state index < -0.39 is 0 Å². The zero-order chi connectivity index (χ0) is 6.97. The molecule has 2 unspecified atom stereocenters. The Morgan fingerprint density at radius 2 is 2.30 bits per heavy atom. The molecule has 10 heavy (non-hydrogen) atoms. The van der Waals surface area contributed by atoms with Gasteiger partial charge in [0.05, 0.1) is 0 Å². The van der Waals surface area contributed by atoms with Crippen LogP contribution in [0.15, 0.2) is 12.2 Å². The van der Waals surface area contributed by atoms with Gasteiger partial charge in [-0.15, -0.1) is 0 Å². The van der Waals surface area contributed by atoms with Crippen LogP contribution in [-0.2, 0) is 0 Å². The molecular weight excluding hydrogens is 122 g/mol. The van der Waals surface area contributed by atoms with Gasteiger partial charge in [0.1, 0.15) is 0 Å². The summed E-state index contributed by atoms with van der Waals surface area (Å²) in [6.07, 6.45) is 8.66. The van der Waals surface area contributed by atoms with Crippen LogP contribution < -0.4 is 5.73 Å². The van der Waals surface area contributed by atoms with Crippen LogP contribution in [0.4, 0.5) is 0 Å². The average molecular weight is 137 g/mol. The van der Waals surface area contributed by atoms with Crippen molar-refractivity contribution in [2.45, 2.75) is 19.3 Å². The minimum atomic E-state index is 0.803. The highest BCUT2D eigenvalue weighted by Gasteiger charge is 2.51. The van der Waals surface area contributed by atoms with Gasteiger partial charge in [-0.05, 0) is 43.6 Å². The Labute approximate surface area is 62.3 Å². The average Bonchev–Trinajstić information content (AvgIpc) is 2.54. The summed E-state index contributed by atoms with van der Waals surface area (Å²) in [7, 11) is 0. The predicted molar refractivity (Wildman–Crippen MR) is 42.5 cm³/mol. The molecule has 1 nitrogen and oxygen atoms in total. The van der Waals surface area contributed by atoms with E-state index in [1.807, 2.05) is 0 Å². The Morgan fingerprint density at radius 1 is 1.40 bits per heavy atom. The maximum Gasteiger partial charge on any atom is -0.00426 e. The standard InChI is InChI=1S/C9H15N/c10-4-2-1-3-7-5-8-6-9(7)8/h1,3,7-9H,2,4-6,10H2/b3-1+/t7?,8?,9-/m1/s1. The molecule has 0 radical (unpaired) electrons. The molecule has 0 amide bonds. The Hall–Kier alpha value is -0.300. The van der Waals surface area contributed by atoms with Crippen LogP contribution in [0.3, 0.4) is 0 Å². The molecule has 0 aliphatic heterocycles. The fourth-order valence-corrected chi connectivity index (χ4v) is 1.98. The molecule has 2 aliphatic rings. The van der Waals surface area contributed by atoms with E-state index in [9.17, 15) is 0 Å². The molecular formula is C9H15N. The lowest BCUT2D eigenvalue weighted by Gasteiger charge is -2.20. The van der Waals surface area contributed by atoms with Crippen molar-refractivity contribution in [2.75, 3.05) is 6.54 Å². The highest BCUT2D eigenvalue weighted by Crippen LogP contribution is 2.60. The first-order chi connectivity index (χ1) is 4.92. The van der Waals surface area contributed by atoms with Crippen molar-refractivity contribution in [2.24, 2.45) is 23.5 Å². The minimum Gasteiger partial charge on any atom is -0.330 e. The zero-order valence-electron chi connectivity index (χ0n) is 6.29. The van der Waals surface area contributed by atoms with E-state index in [2.05, 4.69) is 12.2 Å². The molecule has 0 bridgehead atoms. The summed E-state index contributed by atoms with van der Waals surface area (Å²) in [4.78, 5) is 0. The largest absolute Gasteiger partial charge is 0.330 e. The fourth-order valence-electron chi connectivity index (χ4n) is 1.98. The number of rotatable bonds is 3. The van der Waals surface area contributed by atoms with E-state index in [1.54, 1.807) is 0 Å². The second kappa shape index (κ2) is 2.39. The first-order valence-corrected chi connectivity index (χ1v) is 4.28. The highest BCUT2D eigenvalue weighted by molar-refractivity contribution is 5.10. The molecule has 0 aromatic carbocycles. The van der Waals surface area contributed by atoms with Gasteiger partial charge in [0.15, 0.2) is 0 Å². The predicted octanol–water partition coefficient (Wildman–Crippen LogP) is 1.55. The van der Waals surface area contributed by atoms with E-state index in [4.69, 9.17) is 5.73 Å². The molecule has 2 rings (SSSR count). The molecule has 3 atom stereocenters. The van der Waals surface area contributed by atoms with E-state index in [0.29, 0.717) is 0 Å². The summed E-state index contributed by atoms with van der Waals surface area (Å²) >= 11 is 0. The first-order valence-electron chi connectivity index (χ1n) is 4.28. The Bertz CT molecular complexity index is 151. The van der Waals surface area contributed by atoms with Crippen LogP contribution in [0.25, 0.3) is 0 Å². The zero-order valence-corrected chi connectivity index (χ0v) is 6.29. The van der Waals surface area contributed by atoms with Crippen molar-refractivity contribution in [3.8, 4) is 0 Å². The maximum absolute atomic E-state index is 5.37. The highest BCUT2D eigenvalue weighted by atomic mass is 14.6. The molecule has 0 aromatic rings. The minimum absolute atomic E-state index is 0.803. The normalized spacial score (nSPS) is 43.1. The van der Waals surface area contributed by atoms with E-state index in [-0.39, 0.29) is 0 Å². The fraction of sp³-hybridized carbons (Fsp3) is 0.778. The van der Waals surface area contributed by atoms with Crippen molar-refractivity contribution in [3.63, 3.8) is 0 Å². The molecule has 56 valence electrons. The van der Waals surface area contributed by atoms with Crippen LogP contribution in [0, 0.1) is 17.8 Å². The summed E-state index contributed by atoms with van der Waals surface area (Å²) in [5.74, 6) is 3.16. The smallest absolute Gasteiger partial charge is 0.00426 e.